The summed E-state index contributed by atoms with van der Waals surface area (Å²) in [6.07, 6.45) is 5.39. The van der Waals surface area contributed by atoms with Gasteiger partial charge in [0.2, 0.25) is 0 Å². The number of carbonyl (C=O) groups excluding carboxylic acids is 1. The summed E-state index contributed by atoms with van der Waals surface area (Å²) in [6.45, 7) is 1.83. The van der Waals surface area contributed by atoms with Crippen LogP contribution in [0.4, 0.5) is 0 Å². The third kappa shape index (κ3) is 3.83. The molecule has 2 N–H and O–H groups in total. The molecule has 0 saturated carbocycles. The summed E-state index contributed by atoms with van der Waals surface area (Å²) in [7, 11) is 1.49. The maximum Gasteiger partial charge on any atom is 0.259 e. The average Bonchev–Trinajstić information content (AvgIpc) is 2.54. The highest BCUT2D eigenvalue weighted by Crippen LogP contribution is 2.23. The number of carbonyl (C=O) groups is 1. The van der Waals surface area contributed by atoms with Gasteiger partial charge in [-0.15, -0.1) is 0 Å². The smallest absolute Gasteiger partial charge is 0.259 e. The molecule has 0 aliphatic heterocycles. The van der Waals surface area contributed by atoms with Crippen LogP contribution >= 0.6 is 23.5 Å². The molecular weight excluding hydrogens is 334 g/mol. The van der Waals surface area contributed by atoms with E-state index in [1.54, 1.807) is 18.2 Å². The van der Waals surface area contributed by atoms with E-state index < -0.39 is 0 Å². The van der Waals surface area contributed by atoms with E-state index in [-0.39, 0.29) is 11.6 Å². The van der Waals surface area contributed by atoms with Crippen LogP contribution in [0.3, 0.4) is 0 Å². The fourth-order valence-corrected chi connectivity index (χ4v) is 2.59. The normalized spacial score (nSPS) is 16.0. The van der Waals surface area contributed by atoms with Crippen LogP contribution in [-0.4, -0.2) is 30.7 Å². The number of nitrogens with zero attached hydrogens (tertiary/aromatic N) is 1. The van der Waals surface area contributed by atoms with E-state index >= 15 is 0 Å². The molecule has 0 unspecified atom stereocenters. The average molecular weight is 350 g/mol. The highest BCUT2D eigenvalue weighted by Gasteiger charge is 2.21. The van der Waals surface area contributed by atoms with Crippen molar-refractivity contribution in [1.29, 1.82) is 5.41 Å². The van der Waals surface area contributed by atoms with Crippen LogP contribution in [0.15, 0.2) is 46.0 Å². The van der Waals surface area contributed by atoms with E-state index in [2.05, 4.69) is 9.71 Å². The molecule has 1 aromatic carbocycles. The number of allylic oxidation sites excluding steroid dienone is 4. The molecule has 0 saturated heterocycles. The Hall–Kier alpha value is -2.05. The summed E-state index contributed by atoms with van der Waals surface area (Å²) >= 11 is 7.22. The van der Waals surface area contributed by atoms with Crippen LogP contribution in [0.1, 0.15) is 17.3 Å². The molecule has 2 rings (SSSR count). The first-order valence-electron chi connectivity index (χ1n) is 6.72. The predicted octanol–water partition coefficient (Wildman–Crippen LogP) is 3.66. The third-order valence-electron chi connectivity index (χ3n) is 3.23. The van der Waals surface area contributed by atoms with E-state index in [9.17, 15) is 4.79 Å². The van der Waals surface area contributed by atoms with Crippen LogP contribution < -0.4 is 10.1 Å². The first-order chi connectivity index (χ1) is 11.0. The van der Waals surface area contributed by atoms with Gasteiger partial charge < -0.3 is 10.1 Å². The van der Waals surface area contributed by atoms with Gasteiger partial charge in [0.15, 0.2) is 0 Å². The molecule has 23 heavy (non-hydrogen) atoms. The minimum absolute atomic E-state index is 0.175. The Balaban J connectivity index is 2.33. The minimum Gasteiger partial charge on any atom is -0.496 e. The molecule has 1 aromatic rings. The number of rotatable bonds is 4. The first kappa shape index (κ1) is 17.3. The van der Waals surface area contributed by atoms with Gasteiger partial charge in [-0.2, -0.15) is 0 Å². The lowest BCUT2D eigenvalue weighted by molar-refractivity contribution is 0.0964. The molecule has 1 aliphatic carbocycles. The van der Waals surface area contributed by atoms with Gasteiger partial charge in [0.25, 0.3) is 5.91 Å². The molecule has 0 aromatic heterocycles. The molecule has 0 atom stereocenters. The van der Waals surface area contributed by atoms with Gasteiger partial charge in [-0.25, -0.2) is 4.40 Å². The number of amides is 1. The Bertz CT molecular complexity index is 754. The highest BCUT2D eigenvalue weighted by molar-refractivity contribution is 7.97. The minimum atomic E-state index is -0.387. The number of ether oxygens (including phenoxy) is 1. The van der Waals surface area contributed by atoms with Gasteiger partial charge in [-0.1, -0.05) is 17.7 Å². The topological polar surface area (TPSA) is 74.5 Å². The van der Waals surface area contributed by atoms with Gasteiger partial charge in [-0.05, 0) is 48.7 Å². The second-order valence-corrected chi connectivity index (χ2v) is 5.71. The molecule has 1 amide bonds. The maximum atomic E-state index is 12.6. The first-order valence-corrected chi connectivity index (χ1v) is 8.28. The molecule has 5 nitrogen and oxygen atoms in total. The lowest BCUT2D eigenvalue weighted by Crippen LogP contribution is -2.32. The monoisotopic (exact) mass is 349 g/mol. The third-order valence-corrected chi connectivity index (χ3v) is 3.84. The number of hydrogen-bond acceptors (Lipinski definition) is 5. The predicted molar refractivity (Wildman–Crippen MR) is 96.0 cm³/mol. The summed E-state index contributed by atoms with van der Waals surface area (Å²) < 4.78 is 9.36. The molecule has 0 radical (unpaired) electrons. The number of benzene rings is 1. The van der Waals surface area contributed by atoms with Crippen molar-refractivity contribution >= 4 is 40.9 Å². The van der Waals surface area contributed by atoms with E-state index in [4.69, 9.17) is 21.7 Å². The number of methoxy groups -OCH3 is 1. The van der Waals surface area contributed by atoms with E-state index in [0.29, 0.717) is 27.7 Å². The largest absolute Gasteiger partial charge is 0.496 e. The molecule has 120 valence electrons. The van der Waals surface area contributed by atoms with Crippen molar-refractivity contribution in [3.05, 3.63) is 52.2 Å². The van der Waals surface area contributed by atoms with Gasteiger partial charge in [0, 0.05) is 11.3 Å². The maximum absolute atomic E-state index is 12.6. The van der Waals surface area contributed by atoms with Gasteiger partial charge in [-0.3, -0.25) is 10.2 Å². The molecule has 0 spiro atoms. The molecule has 0 bridgehead atoms. The fourth-order valence-electron chi connectivity index (χ4n) is 2.07. The zero-order chi connectivity index (χ0) is 17.0. The standard InChI is InChI=1S/C16H16ClN3O2S/c1-9-4-6-12(20-23-3)14(18)15(9)19-16(21)11-8-10(17)5-7-13(11)22-2/h4-8,18H,1-3H3,(H,19,21)/b18-14?,20-12-. The summed E-state index contributed by atoms with van der Waals surface area (Å²) in [5.74, 6) is 0.0308. The second-order valence-electron chi connectivity index (χ2n) is 4.72. The summed E-state index contributed by atoms with van der Waals surface area (Å²) in [5, 5.41) is 11.4. The van der Waals surface area contributed by atoms with E-state index in [1.807, 2.05) is 19.3 Å². The van der Waals surface area contributed by atoms with Crippen LogP contribution in [0.25, 0.3) is 0 Å². The van der Waals surface area contributed by atoms with Gasteiger partial charge in [0.05, 0.1) is 24.1 Å². The molecule has 7 heteroatoms. The Morgan fingerprint density at radius 3 is 2.78 bits per heavy atom. The Kier molecular flexibility index (Phi) is 5.63. The zero-order valence-electron chi connectivity index (χ0n) is 12.9. The summed E-state index contributed by atoms with van der Waals surface area (Å²) in [4.78, 5) is 12.6. The summed E-state index contributed by atoms with van der Waals surface area (Å²) in [6, 6.07) is 4.81. The second kappa shape index (κ2) is 7.48. The number of halogens is 1. The van der Waals surface area contributed by atoms with Gasteiger partial charge >= 0.3 is 0 Å². The molecule has 1 aliphatic rings. The summed E-state index contributed by atoms with van der Waals surface area (Å²) in [5.41, 5.74) is 2.20. The molecular formula is C16H16ClN3O2S. The van der Waals surface area contributed by atoms with Crippen molar-refractivity contribution in [2.75, 3.05) is 13.4 Å². The number of nitrogens with one attached hydrogen (secondary N) is 2. The number of hydrogen-bond donors (Lipinski definition) is 2. The molecule has 0 heterocycles. The van der Waals surface area contributed by atoms with Crippen molar-refractivity contribution in [3.8, 4) is 5.75 Å². The van der Waals surface area contributed by atoms with Crippen molar-refractivity contribution in [3.63, 3.8) is 0 Å². The van der Waals surface area contributed by atoms with Crippen LogP contribution in [0.5, 0.6) is 5.75 Å². The lowest BCUT2D eigenvalue weighted by atomic mass is 10.0. The Labute approximate surface area is 144 Å². The van der Waals surface area contributed by atoms with Crippen LogP contribution in [-0.2, 0) is 0 Å². The van der Waals surface area contributed by atoms with Crippen molar-refractivity contribution in [2.45, 2.75) is 6.92 Å². The zero-order valence-corrected chi connectivity index (χ0v) is 14.5. The van der Waals surface area contributed by atoms with Crippen LogP contribution in [0, 0.1) is 5.41 Å². The highest BCUT2D eigenvalue weighted by atomic mass is 35.5. The molecule has 0 fully saturated rings. The fraction of sp³-hybridized carbons (Fsp3) is 0.188. The SMILES string of the molecule is COc1ccc(Cl)cc1C(=O)NC1=C(C)C=C/C(=N/SC)C1=N. The van der Waals surface area contributed by atoms with Gasteiger partial charge in [0.1, 0.15) is 11.5 Å². The van der Waals surface area contributed by atoms with Crippen molar-refractivity contribution in [2.24, 2.45) is 4.40 Å². The lowest BCUT2D eigenvalue weighted by Gasteiger charge is -2.18. The van der Waals surface area contributed by atoms with E-state index in [0.717, 1.165) is 5.57 Å². The van der Waals surface area contributed by atoms with E-state index in [1.165, 1.54) is 25.1 Å². The Morgan fingerprint density at radius 2 is 2.13 bits per heavy atom. The van der Waals surface area contributed by atoms with Crippen molar-refractivity contribution in [1.82, 2.24) is 5.32 Å². The Morgan fingerprint density at radius 1 is 1.39 bits per heavy atom. The quantitative estimate of drug-likeness (QED) is 0.643. The van der Waals surface area contributed by atoms with Crippen molar-refractivity contribution < 1.29 is 9.53 Å². The van der Waals surface area contributed by atoms with Crippen LogP contribution in [0.2, 0.25) is 5.02 Å².